The van der Waals surface area contributed by atoms with E-state index in [0.29, 0.717) is 42.5 Å². The zero-order valence-electron chi connectivity index (χ0n) is 14.9. The molecule has 0 spiro atoms. The summed E-state index contributed by atoms with van der Waals surface area (Å²) in [6, 6.07) is 10.7. The maximum Gasteiger partial charge on any atom is 0.176 e. The fourth-order valence-electron chi connectivity index (χ4n) is 2.77. The average Bonchev–Trinajstić information content (AvgIpc) is 2.60. The third-order valence-electron chi connectivity index (χ3n) is 4.16. The van der Waals surface area contributed by atoms with Crippen LogP contribution in [0.3, 0.4) is 0 Å². The summed E-state index contributed by atoms with van der Waals surface area (Å²) in [6.07, 6.45) is 3.03. The van der Waals surface area contributed by atoms with E-state index in [0.717, 1.165) is 6.26 Å². The molecule has 0 fully saturated rings. The molecule has 2 rings (SSSR count). The molecule has 0 radical (unpaired) electrons. The van der Waals surface area contributed by atoms with Crippen LogP contribution in [-0.4, -0.2) is 40.6 Å². The van der Waals surface area contributed by atoms with Gasteiger partial charge in [-0.25, -0.2) is 12.8 Å². The Balaban J connectivity index is 2.24. The van der Waals surface area contributed by atoms with Crippen molar-refractivity contribution in [3.8, 4) is 11.1 Å². The number of hydrogen-bond acceptors (Lipinski definition) is 5. The molecular formula is C19H23FN2O3S. The number of halogens is 1. The van der Waals surface area contributed by atoms with Gasteiger partial charge in [0.15, 0.2) is 9.84 Å². The van der Waals surface area contributed by atoms with Crippen LogP contribution in [0, 0.1) is 5.82 Å². The highest BCUT2D eigenvalue weighted by Gasteiger charge is 2.16. The Morgan fingerprint density at radius 2 is 1.92 bits per heavy atom. The fraction of sp³-hybridized carbons (Fsp3) is 0.316. The molecule has 7 heteroatoms. The first-order valence-electron chi connectivity index (χ1n) is 8.25. The first kappa shape index (κ1) is 20.1. The lowest BCUT2D eigenvalue weighted by Gasteiger charge is -2.21. The minimum Gasteiger partial charge on any atom is -0.372 e. The highest BCUT2D eigenvalue weighted by molar-refractivity contribution is 7.90. The largest absolute Gasteiger partial charge is 0.372 e. The smallest absolute Gasteiger partial charge is 0.176 e. The van der Waals surface area contributed by atoms with E-state index in [2.05, 4.69) is 0 Å². The summed E-state index contributed by atoms with van der Waals surface area (Å²) >= 11 is 0. The summed E-state index contributed by atoms with van der Waals surface area (Å²) in [5, 5.41) is 0. The topological polar surface area (TPSA) is 80.5 Å². The van der Waals surface area contributed by atoms with Crippen molar-refractivity contribution in [3.05, 3.63) is 48.3 Å². The standard InChI is InChI=1S/C19H23FN2O3S/c1-22(11-5-6-15(21)13-23)18-10-9-14(12-17(18)20)16-7-3-4-8-19(16)26(2,24)25/h3-4,7-10,12-13,15H,5-6,11,21H2,1-2H3. The normalized spacial score (nSPS) is 12.6. The lowest BCUT2D eigenvalue weighted by Crippen LogP contribution is -2.25. The third kappa shape index (κ3) is 4.89. The summed E-state index contributed by atoms with van der Waals surface area (Å²) in [6.45, 7) is 0.553. The van der Waals surface area contributed by atoms with Crippen molar-refractivity contribution in [1.29, 1.82) is 0 Å². The van der Waals surface area contributed by atoms with Gasteiger partial charge in [0.1, 0.15) is 12.1 Å². The molecule has 0 aliphatic heterocycles. The minimum absolute atomic E-state index is 0.170. The Bertz CT molecular complexity index is 884. The summed E-state index contributed by atoms with van der Waals surface area (Å²) < 4.78 is 38.5. The molecule has 0 amide bonds. The maximum atomic E-state index is 14.6. The number of rotatable bonds is 8. The Labute approximate surface area is 153 Å². The van der Waals surface area contributed by atoms with E-state index in [9.17, 15) is 17.6 Å². The van der Waals surface area contributed by atoms with Crippen LogP contribution >= 0.6 is 0 Å². The van der Waals surface area contributed by atoms with Crippen LogP contribution in [0.4, 0.5) is 10.1 Å². The monoisotopic (exact) mass is 378 g/mol. The molecule has 0 aromatic heterocycles. The quantitative estimate of drug-likeness (QED) is 0.714. The summed E-state index contributed by atoms with van der Waals surface area (Å²) in [7, 11) is -1.66. The second-order valence-corrected chi connectivity index (χ2v) is 8.28. The van der Waals surface area contributed by atoms with Gasteiger partial charge in [0.05, 0.1) is 16.6 Å². The van der Waals surface area contributed by atoms with Crippen molar-refractivity contribution >= 4 is 21.8 Å². The molecular weight excluding hydrogens is 355 g/mol. The van der Waals surface area contributed by atoms with Crippen LogP contribution in [0.25, 0.3) is 11.1 Å². The van der Waals surface area contributed by atoms with Gasteiger partial charge < -0.3 is 15.4 Å². The minimum atomic E-state index is -3.42. The molecule has 0 aliphatic rings. The number of nitrogens with zero attached hydrogens (tertiary/aromatic N) is 1. The number of benzene rings is 2. The van der Waals surface area contributed by atoms with Crippen molar-refractivity contribution in [2.24, 2.45) is 5.73 Å². The van der Waals surface area contributed by atoms with Crippen LogP contribution in [0.5, 0.6) is 0 Å². The van der Waals surface area contributed by atoms with Gasteiger partial charge in [-0.05, 0) is 36.6 Å². The Kier molecular flexibility index (Phi) is 6.50. The molecule has 0 heterocycles. The van der Waals surface area contributed by atoms with Crippen LogP contribution in [0.15, 0.2) is 47.4 Å². The second kappa shape index (κ2) is 8.42. The van der Waals surface area contributed by atoms with E-state index < -0.39 is 21.7 Å². The van der Waals surface area contributed by atoms with E-state index in [1.807, 2.05) is 0 Å². The number of hydrogen-bond donors (Lipinski definition) is 1. The highest BCUT2D eigenvalue weighted by atomic mass is 32.2. The van der Waals surface area contributed by atoms with E-state index in [4.69, 9.17) is 5.73 Å². The molecule has 2 aromatic carbocycles. The fourth-order valence-corrected chi connectivity index (χ4v) is 3.68. The van der Waals surface area contributed by atoms with Gasteiger partial charge in [-0.3, -0.25) is 0 Å². The van der Waals surface area contributed by atoms with Crippen molar-refractivity contribution < 1.29 is 17.6 Å². The molecule has 140 valence electrons. The number of anilines is 1. The van der Waals surface area contributed by atoms with Gasteiger partial charge in [0, 0.05) is 25.4 Å². The molecule has 2 N–H and O–H groups in total. The first-order chi connectivity index (χ1) is 12.2. The number of aldehydes is 1. The molecule has 0 saturated carbocycles. The third-order valence-corrected chi connectivity index (χ3v) is 5.32. The number of carbonyl (C=O) groups excluding carboxylic acids is 1. The number of sulfone groups is 1. The SMILES string of the molecule is CN(CCCC(N)C=O)c1ccc(-c2ccccc2S(C)(=O)=O)cc1F. The molecule has 1 unspecified atom stereocenters. The van der Waals surface area contributed by atoms with E-state index in [1.165, 1.54) is 12.1 Å². The zero-order valence-corrected chi connectivity index (χ0v) is 15.7. The first-order valence-corrected chi connectivity index (χ1v) is 10.1. The number of carbonyl (C=O) groups is 1. The number of nitrogens with two attached hydrogens (primary N) is 1. The lowest BCUT2D eigenvalue weighted by atomic mass is 10.0. The molecule has 26 heavy (non-hydrogen) atoms. The van der Waals surface area contributed by atoms with Gasteiger partial charge >= 0.3 is 0 Å². The average molecular weight is 378 g/mol. The van der Waals surface area contributed by atoms with Gasteiger partial charge in [-0.2, -0.15) is 0 Å². The molecule has 0 aliphatic carbocycles. The predicted octanol–water partition coefficient (Wildman–Crippen LogP) is 2.64. The van der Waals surface area contributed by atoms with E-state index in [-0.39, 0.29) is 4.90 Å². The molecule has 1 atom stereocenters. The zero-order chi connectivity index (χ0) is 19.3. The summed E-state index contributed by atoms with van der Waals surface area (Å²) in [5.41, 5.74) is 6.93. The Hall–Kier alpha value is -2.25. The van der Waals surface area contributed by atoms with E-state index in [1.54, 1.807) is 42.3 Å². The van der Waals surface area contributed by atoms with E-state index >= 15 is 0 Å². The van der Waals surface area contributed by atoms with Crippen LogP contribution in [0.1, 0.15) is 12.8 Å². The van der Waals surface area contributed by atoms with Crippen molar-refractivity contribution in [2.45, 2.75) is 23.8 Å². The van der Waals surface area contributed by atoms with Crippen LogP contribution in [-0.2, 0) is 14.6 Å². The summed E-state index contributed by atoms with van der Waals surface area (Å²) in [4.78, 5) is 12.5. The molecule has 0 bridgehead atoms. The van der Waals surface area contributed by atoms with Gasteiger partial charge in [-0.1, -0.05) is 24.3 Å². The molecule has 2 aromatic rings. The van der Waals surface area contributed by atoms with Crippen molar-refractivity contribution in [3.63, 3.8) is 0 Å². The molecule has 5 nitrogen and oxygen atoms in total. The van der Waals surface area contributed by atoms with Crippen molar-refractivity contribution in [1.82, 2.24) is 0 Å². The Morgan fingerprint density at radius 1 is 1.23 bits per heavy atom. The van der Waals surface area contributed by atoms with Crippen LogP contribution in [0.2, 0.25) is 0 Å². The van der Waals surface area contributed by atoms with Gasteiger partial charge in [-0.15, -0.1) is 0 Å². The predicted molar refractivity (Wildman–Crippen MR) is 101 cm³/mol. The Morgan fingerprint density at radius 3 is 2.54 bits per heavy atom. The summed E-state index contributed by atoms with van der Waals surface area (Å²) in [5.74, 6) is -0.437. The maximum absolute atomic E-state index is 14.6. The van der Waals surface area contributed by atoms with Gasteiger partial charge in [0.2, 0.25) is 0 Å². The van der Waals surface area contributed by atoms with Crippen LogP contribution < -0.4 is 10.6 Å². The highest BCUT2D eigenvalue weighted by Crippen LogP contribution is 2.30. The van der Waals surface area contributed by atoms with Gasteiger partial charge in [0.25, 0.3) is 0 Å². The van der Waals surface area contributed by atoms with Crippen molar-refractivity contribution in [2.75, 3.05) is 24.7 Å². The lowest BCUT2D eigenvalue weighted by molar-refractivity contribution is -0.109. The second-order valence-electron chi connectivity index (χ2n) is 6.30. The molecule has 0 saturated heterocycles.